The van der Waals surface area contributed by atoms with E-state index in [1.807, 2.05) is 24.3 Å². The maximum Gasteiger partial charge on any atom is 0.157 e. The second-order valence-electron chi connectivity index (χ2n) is 4.10. The molecule has 1 heterocycles. The van der Waals surface area contributed by atoms with Crippen LogP contribution in [-0.4, -0.2) is 17.0 Å². The Morgan fingerprint density at radius 2 is 2.29 bits per heavy atom. The standard InChI is InChI=1S/C13H17ClN2S/c1-2-11-7-8-17-13(16-11)15-9-10-5-3-4-6-12(10)14/h3-6,11H,2,7-9H2,1H3,(H,15,16). The Kier molecular flexibility index (Phi) is 4.75. The normalized spacial score (nSPS) is 22.5. The van der Waals surface area contributed by atoms with Crippen molar-refractivity contribution in [2.24, 2.45) is 4.99 Å². The molecule has 1 N–H and O–H groups in total. The van der Waals surface area contributed by atoms with Crippen LogP contribution in [0.25, 0.3) is 0 Å². The van der Waals surface area contributed by atoms with Crippen molar-refractivity contribution < 1.29 is 0 Å². The van der Waals surface area contributed by atoms with Crippen LogP contribution >= 0.6 is 23.4 Å². The van der Waals surface area contributed by atoms with E-state index in [9.17, 15) is 0 Å². The molecule has 1 atom stereocenters. The summed E-state index contributed by atoms with van der Waals surface area (Å²) in [5, 5.41) is 5.32. The van der Waals surface area contributed by atoms with E-state index in [-0.39, 0.29) is 0 Å². The predicted octanol–water partition coefficient (Wildman–Crippen LogP) is 3.70. The quantitative estimate of drug-likeness (QED) is 0.904. The van der Waals surface area contributed by atoms with E-state index < -0.39 is 0 Å². The summed E-state index contributed by atoms with van der Waals surface area (Å²) in [7, 11) is 0. The van der Waals surface area contributed by atoms with Crippen LogP contribution < -0.4 is 5.32 Å². The van der Waals surface area contributed by atoms with Gasteiger partial charge in [-0.1, -0.05) is 48.5 Å². The van der Waals surface area contributed by atoms with Gasteiger partial charge in [-0.25, -0.2) is 0 Å². The van der Waals surface area contributed by atoms with Gasteiger partial charge in [0.05, 0.1) is 6.54 Å². The number of aliphatic imine (C=N–C) groups is 1. The molecule has 2 nitrogen and oxygen atoms in total. The minimum atomic E-state index is 0.584. The molecule has 0 saturated carbocycles. The fourth-order valence-corrected chi connectivity index (χ4v) is 2.96. The number of rotatable bonds is 3. The lowest BCUT2D eigenvalue weighted by molar-refractivity contribution is 0.570. The number of halogens is 1. The molecule has 0 radical (unpaired) electrons. The molecule has 1 saturated heterocycles. The van der Waals surface area contributed by atoms with Gasteiger partial charge in [-0.2, -0.15) is 0 Å². The number of thioether (sulfide) groups is 1. The second-order valence-corrected chi connectivity index (χ2v) is 5.59. The molecule has 1 aliphatic rings. The summed E-state index contributed by atoms with van der Waals surface area (Å²) in [5.74, 6) is 1.16. The third-order valence-corrected chi connectivity index (χ3v) is 4.21. The largest absolute Gasteiger partial charge is 0.362 e. The zero-order chi connectivity index (χ0) is 12.1. The van der Waals surface area contributed by atoms with Crippen LogP contribution in [0.4, 0.5) is 0 Å². The summed E-state index contributed by atoms with van der Waals surface area (Å²) < 4.78 is 0. The third kappa shape index (κ3) is 3.65. The van der Waals surface area contributed by atoms with E-state index in [1.165, 1.54) is 6.42 Å². The summed E-state index contributed by atoms with van der Waals surface area (Å²) in [6.07, 6.45) is 2.39. The highest BCUT2D eigenvalue weighted by Crippen LogP contribution is 2.19. The van der Waals surface area contributed by atoms with Crippen LogP contribution in [0.1, 0.15) is 25.3 Å². The number of nitrogens with zero attached hydrogens (tertiary/aromatic N) is 1. The van der Waals surface area contributed by atoms with Crippen LogP contribution in [0.15, 0.2) is 29.3 Å². The molecule has 1 aliphatic heterocycles. The molecular formula is C13H17ClN2S. The summed E-state index contributed by atoms with van der Waals surface area (Å²) >= 11 is 7.90. The number of hydrogen-bond acceptors (Lipinski definition) is 2. The molecule has 17 heavy (non-hydrogen) atoms. The molecule has 0 bridgehead atoms. The summed E-state index contributed by atoms with van der Waals surface area (Å²) in [5.41, 5.74) is 1.09. The zero-order valence-corrected chi connectivity index (χ0v) is 11.5. The molecule has 0 aliphatic carbocycles. The highest BCUT2D eigenvalue weighted by molar-refractivity contribution is 8.13. The molecule has 92 valence electrons. The van der Waals surface area contributed by atoms with Gasteiger partial charge in [0.25, 0.3) is 0 Å². The highest BCUT2D eigenvalue weighted by atomic mass is 35.5. The minimum absolute atomic E-state index is 0.584. The monoisotopic (exact) mass is 268 g/mol. The van der Waals surface area contributed by atoms with Crippen LogP contribution in [0, 0.1) is 0 Å². The second kappa shape index (κ2) is 6.31. The number of hydrogen-bond donors (Lipinski definition) is 1. The first-order valence-electron chi connectivity index (χ1n) is 5.96. The van der Waals surface area contributed by atoms with E-state index in [1.54, 1.807) is 11.8 Å². The van der Waals surface area contributed by atoms with Gasteiger partial charge in [0.2, 0.25) is 0 Å². The molecule has 1 aromatic rings. The maximum atomic E-state index is 6.10. The molecule has 1 aromatic carbocycles. The molecule has 0 amide bonds. The first kappa shape index (κ1) is 12.8. The van der Waals surface area contributed by atoms with Gasteiger partial charge in [0.15, 0.2) is 5.17 Å². The van der Waals surface area contributed by atoms with Crippen LogP contribution in [-0.2, 0) is 6.54 Å². The zero-order valence-electron chi connectivity index (χ0n) is 9.95. The Morgan fingerprint density at radius 3 is 3.06 bits per heavy atom. The lowest BCUT2D eigenvalue weighted by atomic mass is 10.2. The van der Waals surface area contributed by atoms with E-state index in [2.05, 4.69) is 17.2 Å². The molecule has 1 fully saturated rings. The highest BCUT2D eigenvalue weighted by Gasteiger charge is 2.15. The SMILES string of the molecule is CCC1CCSC(=NCc2ccccc2Cl)N1. The van der Waals surface area contributed by atoms with Crippen molar-refractivity contribution in [2.45, 2.75) is 32.4 Å². The van der Waals surface area contributed by atoms with E-state index in [4.69, 9.17) is 11.6 Å². The van der Waals surface area contributed by atoms with Crippen molar-refractivity contribution in [3.8, 4) is 0 Å². The molecule has 1 unspecified atom stereocenters. The summed E-state index contributed by atoms with van der Waals surface area (Å²) in [6, 6.07) is 8.46. The van der Waals surface area contributed by atoms with Crippen molar-refractivity contribution in [1.82, 2.24) is 5.32 Å². The van der Waals surface area contributed by atoms with Crippen LogP contribution in [0.5, 0.6) is 0 Å². The van der Waals surface area contributed by atoms with E-state index in [0.29, 0.717) is 12.6 Å². The van der Waals surface area contributed by atoms with Crippen molar-refractivity contribution in [3.63, 3.8) is 0 Å². The van der Waals surface area contributed by atoms with E-state index >= 15 is 0 Å². The summed E-state index contributed by atoms with van der Waals surface area (Å²) in [6.45, 7) is 2.87. The van der Waals surface area contributed by atoms with Gasteiger partial charge in [-0.15, -0.1) is 0 Å². The lowest BCUT2D eigenvalue weighted by Gasteiger charge is -2.24. The first-order valence-corrected chi connectivity index (χ1v) is 7.33. The Balaban J connectivity index is 1.98. The third-order valence-electron chi connectivity index (χ3n) is 2.88. The van der Waals surface area contributed by atoms with Gasteiger partial charge < -0.3 is 5.32 Å². The van der Waals surface area contributed by atoms with Gasteiger partial charge >= 0.3 is 0 Å². The number of amidine groups is 1. The molecule has 2 rings (SSSR count). The smallest absolute Gasteiger partial charge is 0.157 e. The Hall–Kier alpha value is -0.670. The minimum Gasteiger partial charge on any atom is -0.362 e. The summed E-state index contributed by atoms with van der Waals surface area (Å²) in [4.78, 5) is 4.60. The lowest BCUT2D eigenvalue weighted by Crippen LogP contribution is -2.37. The van der Waals surface area contributed by atoms with Crippen molar-refractivity contribution in [1.29, 1.82) is 0 Å². The maximum absolute atomic E-state index is 6.10. The van der Waals surface area contributed by atoms with Crippen LogP contribution in [0.3, 0.4) is 0 Å². The average molecular weight is 269 g/mol. The predicted molar refractivity (Wildman–Crippen MR) is 76.9 cm³/mol. The Morgan fingerprint density at radius 1 is 1.47 bits per heavy atom. The topological polar surface area (TPSA) is 24.4 Å². The molecule has 0 spiro atoms. The van der Waals surface area contributed by atoms with Gasteiger partial charge in [0, 0.05) is 16.8 Å². The molecule has 0 aromatic heterocycles. The Labute approximate surface area is 112 Å². The average Bonchev–Trinajstić information content (AvgIpc) is 2.38. The first-order chi connectivity index (χ1) is 8.29. The van der Waals surface area contributed by atoms with Crippen molar-refractivity contribution >= 4 is 28.5 Å². The van der Waals surface area contributed by atoms with Crippen molar-refractivity contribution in [2.75, 3.05) is 5.75 Å². The van der Waals surface area contributed by atoms with E-state index in [0.717, 1.165) is 27.9 Å². The van der Waals surface area contributed by atoms with Gasteiger partial charge in [-0.3, -0.25) is 4.99 Å². The molecular weight excluding hydrogens is 252 g/mol. The number of benzene rings is 1. The fourth-order valence-electron chi connectivity index (χ4n) is 1.77. The molecule has 4 heteroatoms. The Bertz CT molecular complexity index is 406. The van der Waals surface area contributed by atoms with Gasteiger partial charge in [0.1, 0.15) is 0 Å². The van der Waals surface area contributed by atoms with Crippen molar-refractivity contribution in [3.05, 3.63) is 34.9 Å². The van der Waals surface area contributed by atoms with Gasteiger partial charge in [-0.05, 0) is 24.5 Å². The number of nitrogens with one attached hydrogen (secondary N) is 1. The fraction of sp³-hybridized carbons (Fsp3) is 0.462. The van der Waals surface area contributed by atoms with Crippen LogP contribution in [0.2, 0.25) is 5.02 Å².